The molecular formula is C20H33ClN4O. The number of carbonyl (C=O) groups is 1. The molecule has 3 N–H and O–H groups in total. The number of nitrogens with zero attached hydrogens (tertiary/aromatic N) is 2. The Morgan fingerprint density at radius 1 is 1.27 bits per heavy atom. The summed E-state index contributed by atoms with van der Waals surface area (Å²) in [6.07, 6.45) is 10.8. The van der Waals surface area contributed by atoms with Crippen LogP contribution in [-0.2, 0) is 17.6 Å². The van der Waals surface area contributed by atoms with E-state index in [2.05, 4.69) is 30.0 Å². The number of aryl methyl sites for hydroxylation is 1. The summed E-state index contributed by atoms with van der Waals surface area (Å²) in [5.41, 5.74) is 8.90. The molecule has 0 spiro atoms. The van der Waals surface area contributed by atoms with E-state index in [1.807, 2.05) is 0 Å². The van der Waals surface area contributed by atoms with Crippen molar-refractivity contribution in [2.45, 2.75) is 83.3 Å². The van der Waals surface area contributed by atoms with Gasteiger partial charge in [0.1, 0.15) is 0 Å². The summed E-state index contributed by atoms with van der Waals surface area (Å²) in [7, 11) is 0. The Morgan fingerprint density at radius 2 is 1.96 bits per heavy atom. The Hall–Kier alpha value is -1.07. The highest BCUT2D eigenvalue weighted by Gasteiger charge is 2.41. The Morgan fingerprint density at radius 3 is 2.62 bits per heavy atom. The second kappa shape index (κ2) is 7.89. The number of fused-ring (bicyclic) bond motifs is 3. The van der Waals surface area contributed by atoms with E-state index >= 15 is 0 Å². The second-order valence-electron chi connectivity index (χ2n) is 8.82. The first-order valence-electron chi connectivity index (χ1n) is 10.1. The number of hydrogen-bond donors (Lipinski definition) is 2. The van der Waals surface area contributed by atoms with Gasteiger partial charge in [0.05, 0.1) is 5.69 Å². The van der Waals surface area contributed by atoms with Crippen molar-refractivity contribution in [1.29, 1.82) is 0 Å². The molecule has 1 aromatic rings. The van der Waals surface area contributed by atoms with Crippen molar-refractivity contribution in [2.24, 2.45) is 23.5 Å². The summed E-state index contributed by atoms with van der Waals surface area (Å²) in [6.45, 7) is 4.31. The van der Waals surface area contributed by atoms with E-state index in [0.717, 1.165) is 32.1 Å². The van der Waals surface area contributed by atoms with Crippen LogP contribution in [0.25, 0.3) is 0 Å². The molecule has 3 atom stereocenters. The summed E-state index contributed by atoms with van der Waals surface area (Å²) in [6, 6.07) is 0.963. The molecule has 2 fully saturated rings. The molecule has 146 valence electrons. The molecule has 0 radical (unpaired) electrons. The first-order chi connectivity index (χ1) is 12.0. The summed E-state index contributed by atoms with van der Waals surface area (Å²) < 4.78 is 2.05. The maximum absolute atomic E-state index is 12.9. The van der Waals surface area contributed by atoms with Crippen molar-refractivity contribution in [3.05, 3.63) is 17.5 Å². The number of hydrogen-bond acceptors (Lipinski definition) is 3. The van der Waals surface area contributed by atoms with E-state index < -0.39 is 0 Å². The van der Waals surface area contributed by atoms with Crippen LogP contribution in [0.5, 0.6) is 0 Å². The smallest absolute Gasteiger partial charge is 0.223 e. The topological polar surface area (TPSA) is 72.9 Å². The van der Waals surface area contributed by atoms with Crippen molar-refractivity contribution in [1.82, 2.24) is 15.1 Å². The summed E-state index contributed by atoms with van der Waals surface area (Å²) >= 11 is 0. The van der Waals surface area contributed by atoms with E-state index in [0.29, 0.717) is 23.9 Å². The first-order valence-corrected chi connectivity index (χ1v) is 10.1. The number of carbonyl (C=O) groups excluding carboxylic acids is 1. The van der Waals surface area contributed by atoms with Crippen LogP contribution in [0, 0.1) is 17.8 Å². The number of nitrogens with one attached hydrogen (secondary N) is 1. The molecule has 6 heteroatoms. The fourth-order valence-electron chi connectivity index (χ4n) is 5.22. The highest BCUT2D eigenvalue weighted by atomic mass is 35.5. The van der Waals surface area contributed by atoms with Gasteiger partial charge in [-0.05, 0) is 69.8 Å². The lowest BCUT2D eigenvalue weighted by Crippen LogP contribution is -2.50. The zero-order valence-corrected chi connectivity index (χ0v) is 16.8. The SMILES string of the molecule is CC(C)n1cc2c(n1)CC(NC(=O)C1CC3CCCC(C1)C3N)CC2.Cl. The van der Waals surface area contributed by atoms with Crippen LogP contribution in [0.4, 0.5) is 0 Å². The van der Waals surface area contributed by atoms with Gasteiger partial charge in [-0.2, -0.15) is 5.10 Å². The minimum atomic E-state index is 0. The van der Waals surface area contributed by atoms with Gasteiger partial charge in [0.2, 0.25) is 5.91 Å². The molecule has 3 aliphatic carbocycles. The van der Waals surface area contributed by atoms with Crippen molar-refractivity contribution >= 4 is 18.3 Å². The predicted molar refractivity (Wildman–Crippen MR) is 105 cm³/mol. The van der Waals surface area contributed by atoms with Crippen LogP contribution >= 0.6 is 12.4 Å². The van der Waals surface area contributed by atoms with Crippen molar-refractivity contribution in [2.75, 3.05) is 0 Å². The van der Waals surface area contributed by atoms with E-state index in [1.54, 1.807) is 0 Å². The standard InChI is InChI=1S/C20H32N4O.ClH/c1-12(2)24-11-15-6-7-17(10-18(15)23-24)22-20(25)16-8-13-4-3-5-14(9-16)19(13)21;/h11-14,16-17,19H,3-10,21H2,1-2H3,(H,22,25);1H. The average Bonchev–Trinajstić information content (AvgIpc) is 2.98. The van der Waals surface area contributed by atoms with Gasteiger partial charge in [-0.25, -0.2) is 0 Å². The zero-order chi connectivity index (χ0) is 17.6. The molecule has 0 saturated heterocycles. The molecule has 0 aromatic carbocycles. The molecule has 1 heterocycles. The molecule has 0 aliphatic heterocycles. The monoisotopic (exact) mass is 380 g/mol. The number of aromatic nitrogens is 2. The quantitative estimate of drug-likeness (QED) is 0.846. The minimum Gasteiger partial charge on any atom is -0.353 e. The summed E-state index contributed by atoms with van der Waals surface area (Å²) in [5.74, 6) is 1.55. The lowest BCUT2D eigenvalue weighted by atomic mass is 9.65. The number of rotatable bonds is 3. The van der Waals surface area contributed by atoms with Crippen LogP contribution in [0.3, 0.4) is 0 Å². The molecular weight excluding hydrogens is 348 g/mol. The zero-order valence-electron chi connectivity index (χ0n) is 16.0. The maximum atomic E-state index is 12.9. The molecule has 3 aliphatic rings. The van der Waals surface area contributed by atoms with Gasteiger partial charge < -0.3 is 11.1 Å². The average molecular weight is 381 g/mol. The minimum absolute atomic E-state index is 0. The lowest BCUT2D eigenvalue weighted by Gasteiger charge is -2.43. The van der Waals surface area contributed by atoms with E-state index in [9.17, 15) is 4.79 Å². The largest absolute Gasteiger partial charge is 0.353 e. The molecule has 5 nitrogen and oxygen atoms in total. The van der Waals surface area contributed by atoms with Crippen LogP contribution in [0.15, 0.2) is 6.20 Å². The van der Waals surface area contributed by atoms with Crippen LogP contribution < -0.4 is 11.1 Å². The van der Waals surface area contributed by atoms with Crippen LogP contribution in [0.2, 0.25) is 0 Å². The second-order valence-corrected chi connectivity index (χ2v) is 8.82. The highest BCUT2D eigenvalue weighted by molar-refractivity contribution is 5.85. The van der Waals surface area contributed by atoms with Crippen LogP contribution in [0.1, 0.15) is 69.7 Å². The Bertz CT molecular complexity index is 630. The molecule has 2 bridgehead atoms. The van der Waals surface area contributed by atoms with Gasteiger partial charge in [0, 0.05) is 36.7 Å². The third kappa shape index (κ3) is 3.79. The summed E-state index contributed by atoms with van der Waals surface area (Å²) in [4.78, 5) is 12.9. The van der Waals surface area contributed by atoms with E-state index in [1.165, 1.54) is 30.5 Å². The highest BCUT2D eigenvalue weighted by Crippen LogP contribution is 2.42. The van der Waals surface area contributed by atoms with Gasteiger partial charge in [-0.1, -0.05) is 6.42 Å². The van der Waals surface area contributed by atoms with Gasteiger partial charge in [0.25, 0.3) is 0 Å². The Labute approximate surface area is 162 Å². The first kappa shape index (κ1) is 19.7. The van der Waals surface area contributed by atoms with Gasteiger partial charge in [0.15, 0.2) is 0 Å². The Balaban J connectivity index is 0.00000196. The number of amides is 1. The number of halogens is 1. The van der Waals surface area contributed by atoms with Gasteiger partial charge in [-0.15, -0.1) is 12.4 Å². The van der Waals surface area contributed by atoms with Gasteiger partial charge in [-0.3, -0.25) is 9.48 Å². The molecule has 4 rings (SSSR count). The molecule has 1 amide bonds. The van der Waals surface area contributed by atoms with Gasteiger partial charge >= 0.3 is 0 Å². The number of nitrogens with two attached hydrogens (primary N) is 1. The normalized spacial score (nSPS) is 33.3. The predicted octanol–water partition coefficient (Wildman–Crippen LogP) is 3.01. The third-order valence-corrected chi connectivity index (χ3v) is 6.76. The van der Waals surface area contributed by atoms with Crippen molar-refractivity contribution in [3.8, 4) is 0 Å². The molecule has 3 unspecified atom stereocenters. The molecule has 2 saturated carbocycles. The third-order valence-electron chi connectivity index (χ3n) is 6.76. The summed E-state index contributed by atoms with van der Waals surface area (Å²) in [5, 5.41) is 8.07. The van der Waals surface area contributed by atoms with Crippen molar-refractivity contribution in [3.63, 3.8) is 0 Å². The fraction of sp³-hybridized carbons (Fsp3) is 0.800. The van der Waals surface area contributed by atoms with Crippen molar-refractivity contribution < 1.29 is 4.79 Å². The fourth-order valence-corrected chi connectivity index (χ4v) is 5.22. The van der Waals surface area contributed by atoms with E-state index in [4.69, 9.17) is 10.8 Å². The maximum Gasteiger partial charge on any atom is 0.223 e. The molecule has 26 heavy (non-hydrogen) atoms. The molecule has 1 aromatic heterocycles. The van der Waals surface area contributed by atoms with Crippen LogP contribution in [-0.4, -0.2) is 27.8 Å². The van der Waals surface area contributed by atoms with E-state index in [-0.39, 0.29) is 30.3 Å². The Kier molecular flexibility index (Phi) is 5.97. The lowest BCUT2D eigenvalue weighted by molar-refractivity contribution is -0.128.